The van der Waals surface area contributed by atoms with E-state index in [-0.39, 0.29) is 17.9 Å². The molecule has 4 heteroatoms. The molecule has 0 aliphatic carbocycles. The fraction of sp³-hybridized carbons (Fsp3) is 0.417. The minimum Gasteiger partial charge on any atom is -0.327 e. The minimum absolute atomic E-state index is 0.0502. The number of halogens is 1. The molecule has 1 aromatic carbocycles. The number of hydrogen-bond acceptors (Lipinski definition) is 2. The third kappa shape index (κ3) is 3.32. The van der Waals surface area contributed by atoms with Gasteiger partial charge in [0.25, 0.3) is 0 Å². The van der Waals surface area contributed by atoms with Crippen molar-refractivity contribution in [2.75, 3.05) is 5.32 Å². The van der Waals surface area contributed by atoms with Gasteiger partial charge in [-0.2, -0.15) is 0 Å². The summed E-state index contributed by atoms with van der Waals surface area (Å²) in [6, 6.07) is 5.58. The molecule has 1 rings (SSSR count). The Kier molecular flexibility index (Phi) is 4.50. The number of aryl methyl sites for hydroxylation is 1. The highest BCUT2D eigenvalue weighted by Gasteiger charge is 2.16. The van der Waals surface area contributed by atoms with Crippen molar-refractivity contribution in [2.45, 2.75) is 26.8 Å². The van der Waals surface area contributed by atoms with Crippen molar-refractivity contribution in [1.82, 2.24) is 0 Å². The first-order valence-electron chi connectivity index (χ1n) is 5.24. The zero-order chi connectivity index (χ0) is 12.3. The van der Waals surface area contributed by atoms with E-state index in [1.165, 1.54) is 0 Å². The van der Waals surface area contributed by atoms with Gasteiger partial charge in [-0.15, -0.1) is 0 Å². The van der Waals surface area contributed by atoms with Gasteiger partial charge in [-0.05, 0) is 31.5 Å². The Morgan fingerprint density at radius 2 is 2.06 bits per heavy atom. The molecular weight excluding hydrogens is 268 g/mol. The quantitative estimate of drug-likeness (QED) is 0.897. The predicted octanol–water partition coefficient (Wildman–Crippen LogP) is 2.68. The molecule has 2 unspecified atom stereocenters. The lowest BCUT2D eigenvalue weighted by Gasteiger charge is -2.15. The first-order chi connectivity index (χ1) is 7.41. The molecule has 0 spiro atoms. The molecule has 3 N–H and O–H groups in total. The number of rotatable bonds is 3. The maximum atomic E-state index is 11.7. The summed E-state index contributed by atoms with van der Waals surface area (Å²) < 4.78 is 0.985. The van der Waals surface area contributed by atoms with E-state index in [9.17, 15) is 4.79 Å². The number of carbonyl (C=O) groups is 1. The second kappa shape index (κ2) is 5.46. The summed E-state index contributed by atoms with van der Waals surface area (Å²) >= 11 is 3.43. The van der Waals surface area contributed by atoms with E-state index in [0.29, 0.717) is 0 Å². The highest BCUT2D eigenvalue weighted by molar-refractivity contribution is 9.10. The van der Waals surface area contributed by atoms with Crippen LogP contribution in [-0.4, -0.2) is 11.9 Å². The van der Waals surface area contributed by atoms with Crippen LogP contribution in [0.1, 0.15) is 19.4 Å². The summed E-state index contributed by atoms with van der Waals surface area (Å²) in [5.74, 6) is -0.245. The fourth-order valence-corrected chi connectivity index (χ4v) is 1.54. The lowest BCUT2D eigenvalue weighted by Crippen LogP contribution is -2.34. The number of carbonyl (C=O) groups excluding carboxylic acids is 1. The van der Waals surface area contributed by atoms with Crippen molar-refractivity contribution in [3.05, 3.63) is 28.2 Å². The van der Waals surface area contributed by atoms with Gasteiger partial charge in [0.15, 0.2) is 0 Å². The van der Waals surface area contributed by atoms with Crippen LogP contribution in [0.4, 0.5) is 5.69 Å². The Hall–Kier alpha value is -0.870. The van der Waals surface area contributed by atoms with Gasteiger partial charge < -0.3 is 11.1 Å². The lowest BCUT2D eigenvalue weighted by atomic mass is 10.0. The molecule has 1 aromatic rings. The second-order valence-corrected chi connectivity index (χ2v) is 4.96. The Labute approximate surface area is 105 Å². The maximum Gasteiger partial charge on any atom is 0.228 e. The zero-order valence-electron chi connectivity index (χ0n) is 9.75. The second-order valence-electron chi connectivity index (χ2n) is 4.10. The third-order valence-electron chi connectivity index (χ3n) is 2.64. The average molecular weight is 285 g/mol. The van der Waals surface area contributed by atoms with Gasteiger partial charge in [0.1, 0.15) is 0 Å². The van der Waals surface area contributed by atoms with Crippen molar-refractivity contribution in [1.29, 1.82) is 0 Å². The van der Waals surface area contributed by atoms with E-state index in [1.54, 1.807) is 0 Å². The van der Waals surface area contributed by atoms with Gasteiger partial charge in [0.2, 0.25) is 5.91 Å². The summed E-state index contributed by atoms with van der Waals surface area (Å²) in [5, 5.41) is 2.84. The van der Waals surface area contributed by atoms with Gasteiger partial charge in [-0.1, -0.05) is 28.9 Å². The number of hydrogen-bond donors (Lipinski definition) is 2. The summed E-state index contributed by atoms with van der Waals surface area (Å²) in [4.78, 5) is 11.7. The molecule has 0 bridgehead atoms. The van der Waals surface area contributed by atoms with Gasteiger partial charge in [0, 0.05) is 16.2 Å². The SMILES string of the molecule is Cc1ccc(NC(=O)C(C)C(C)N)cc1Br. The Morgan fingerprint density at radius 1 is 1.44 bits per heavy atom. The van der Waals surface area contributed by atoms with Gasteiger partial charge in [-0.25, -0.2) is 0 Å². The van der Waals surface area contributed by atoms with E-state index in [2.05, 4.69) is 21.2 Å². The van der Waals surface area contributed by atoms with E-state index in [0.717, 1.165) is 15.7 Å². The van der Waals surface area contributed by atoms with Crippen molar-refractivity contribution >= 4 is 27.5 Å². The van der Waals surface area contributed by atoms with Crippen LogP contribution in [0, 0.1) is 12.8 Å². The zero-order valence-corrected chi connectivity index (χ0v) is 11.3. The topological polar surface area (TPSA) is 55.1 Å². The van der Waals surface area contributed by atoms with Gasteiger partial charge in [0.05, 0.1) is 5.92 Å². The third-order valence-corrected chi connectivity index (χ3v) is 3.50. The van der Waals surface area contributed by atoms with Crippen LogP contribution in [0.15, 0.2) is 22.7 Å². The summed E-state index contributed by atoms with van der Waals surface area (Å²) in [7, 11) is 0. The maximum absolute atomic E-state index is 11.7. The Balaban J connectivity index is 2.74. The van der Waals surface area contributed by atoms with E-state index >= 15 is 0 Å². The number of nitrogens with one attached hydrogen (secondary N) is 1. The Morgan fingerprint density at radius 3 is 2.56 bits per heavy atom. The molecule has 0 aliphatic rings. The largest absolute Gasteiger partial charge is 0.327 e. The summed E-state index contributed by atoms with van der Waals surface area (Å²) in [5.41, 5.74) is 7.60. The van der Waals surface area contributed by atoms with Crippen LogP contribution in [-0.2, 0) is 4.79 Å². The predicted molar refractivity (Wildman–Crippen MR) is 70.3 cm³/mol. The molecule has 2 atom stereocenters. The van der Waals surface area contributed by atoms with Crippen LogP contribution >= 0.6 is 15.9 Å². The normalized spacial score (nSPS) is 14.3. The average Bonchev–Trinajstić information content (AvgIpc) is 2.22. The number of anilines is 1. The monoisotopic (exact) mass is 284 g/mol. The molecule has 0 aromatic heterocycles. The Bertz CT molecular complexity index is 391. The van der Waals surface area contributed by atoms with Crippen LogP contribution in [0.2, 0.25) is 0 Å². The van der Waals surface area contributed by atoms with Crippen LogP contribution in [0.25, 0.3) is 0 Å². The fourth-order valence-electron chi connectivity index (χ4n) is 1.17. The molecule has 0 saturated heterocycles. The number of benzene rings is 1. The highest BCUT2D eigenvalue weighted by Crippen LogP contribution is 2.21. The standard InChI is InChI=1S/C12H17BrN2O/c1-7-4-5-10(6-11(7)13)15-12(16)8(2)9(3)14/h4-6,8-9H,14H2,1-3H3,(H,15,16). The molecular formula is C12H17BrN2O. The molecule has 0 saturated carbocycles. The van der Waals surface area contributed by atoms with Crippen molar-refractivity contribution in [3.8, 4) is 0 Å². The van der Waals surface area contributed by atoms with Crippen molar-refractivity contribution < 1.29 is 4.79 Å². The van der Waals surface area contributed by atoms with Gasteiger partial charge in [-0.3, -0.25) is 4.79 Å². The number of amides is 1. The smallest absolute Gasteiger partial charge is 0.228 e. The van der Waals surface area contributed by atoms with E-state index < -0.39 is 0 Å². The molecule has 1 amide bonds. The van der Waals surface area contributed by atoms with Crippen molar-refractivity contribution in [2.24, 2.45) is 11.7 Å². The molecule has 16 heavy (non-hydrogen) atoms. The van der Waals surface area contributed by atoms with Crippen LogP contribution in [0.5, 0.6) is 0 Å². The molecule has 0 fully saturated rings. The number of nitrogens with two attached hydrogens (primary N) is 1. The van der Waals surface area contributed by atoms with Crippen LogP contribution < -0.4 is 11.1 Å². The van der Waals surface area contributed by atoms with Gasteiger partial charge >= 0.3 is 0 Å². The van der Waals surface area contributed by atoms with E-state index in [4.69, 9.17) is 5.73 Å². The summed E-state index contributed by atoms with van der Waals surface area (Å²) in [6.45, 7) is 5.65. The lowest BCUT2D eigenvalue weighted by molar-refractivity contribution is -0.119. The molecule has 3 nitrogen and oxygen atoms in total. The molecule has 0 aliphatic heterocycles. The first kappa shape index (κ1) is 13.2. The van der Waals surface area contributed by atoms with Crippen LogP contribution in [0.3, 0.4) is 0 Å². The molecule has 0 heterocycles. The highest BCUT2D eigenvalue weighted by atomic mass is 79.9. The summed E-state index contributed by atoms with van der Waals surface area (Å²) in [6.07, 6.45) is 0. The molecule has 88 valence electrons. The van der Waals surface area contributed by atoms with Crippen molar-refractivity contribution in [3.63, 3.8) is 0 Å². The van der Waals surface area contributed by atoms with E-state index in [1.807, 2.05) is 39.0 Å². The first-order valence-corrected chi connectivity index (χ1v) is 6.03. The molecule has 0 radical (unpaired) electrons. The minimum atomic E-state index is -0.194.